The van der Waals surface area contributed by atoms with Gasteiger partial charge in [-0.05, 0) is 52.5 Å². The second-order valence-corrected chi connectivity index (χ2v) is 6.93. The van der Waals surface area contributed by atoms with Crippen LogP contribution in [0.5, 0.6) is 0 Å². The van der Waals surface area contributed by atoms with Crippen LogP contribution in [0, 0.1) is 26.7 Å². The molecule has 1 aliphatic heterocycles. The molecule has 1 fully saturated rings. The number of nitrogens with zero attached hydrogens (tertiary/aromatic N) is 3. The Labute approximate surface area is 142 Å². The number of nitrogens with two attached hydrogens (primary N) is 1. The minimum Gasteiger partial charge on any atom is -0.360 e. The number of hydrogen-bond acceptors (Lipinski definition) is 4. The van der Waals surface area contributed by atoms with Crippen LogP contribution in [0.1, 0.15) is 47.3 Å². The summed E-state index contributed by atoms with van der Waals surface area (Å²) in [6.07, 6.45) is 2.11. The highest BCUT2D eigenvalue weighted by Crippen LogP contribution is 2.25. The van der Waals surface area contributed by atoms with Gasteiger partial charge in [-0.3, -0.25) is 9.36 Å². The Kier molecular flexibility index (Phi) is 4.49. The van der Waals surface area contributed by atoms with Crippen molar-refractivity contribution in [1.82, 2.24) is 14.6 Å². The Morgan fingerprint density at radius 2 is 2.12 bits per heavy atom. The number of carbonyl (C=O) groups excluding carboxylic acids is 1. The number of aryl methyl sites for hydroxylation is 2. The van der Waals surface area contributed by atoms with E-state index in [0.29, 0.717) is 11.7 Å². The lowest BCUT2D eigenvalue weighted by molar-refractivity contribution is 0.0660. The molecule has 0 aromatic carbocycles. The van der Waals surface area contributed by atoms with Gasteiger partial charge >= 0.3 is 0 Å². The molecule has 2 N–H and O–H groups in total. The zero-order chi connectivity index (χ0) is 17.4. The molecule has 130 valence electrons. The van der Waals surface area contributed by atoms with Crippen molar-refractivity contribution in [2.45, 2.75) is 46.6 Å². The molecule has 3 heterocycles. The van der Waals surface area contributed by atoms with Crippen LogP contribution in [-0.4, -0.2) is 39.7 Å². The van der Waals surface area contributed by atoms with Gasteiger partial charge in [-0.25, -0.2) is 0 Å². The summed E-state index contributed by atoms with van der Waals surface area (Å²) in [6, 6.07) is 3.93. The number of amides is 1. The summed E-state index contributed by atoms with van der Waals surface area (Å²) >= 11 is 0. The van der Waals surface area contributed by atoms with Crippen LogP contribution < -0.4 is 5.73 Å². The van der Waals surface area contributed by atoms with Gasteiger partial charge < -0.3 is 15.2 Å². The molecule has 0 unspecified atom stereocenters. The first kappa shape index (κ1) is 16.8. The highest BCUT2D eigenvalue weighted by Gasteiger charge is 2.28. The van der Waals surface area contributed by atoms with Crippen molar-refractivity contribution in [1.29, 1.82) is 0 Å². The van der Waals surface area contributed by atoms with Gasteiger partial charge in [0.2, 0.25) is 0 Å². The van der Waals surface area contributed by atoms with Crippen LogP contribution >= 0.6 is 0 Å². The topological polar surface area (TPSA) is 77.3 Å². The maximum atomic E-state index is 13.0. The first-order chi connectivity index (χ1) is 11.4. The van der Waals surface area contributed by atoms with E-state index in [9.17, 15) is 4.79 Å². The van der Waals surface area contributed by atoms with Gasteiger partial charge in [0.05, 0.1) is 5.56 Å². The van der Waals surface area contributed by atoms with Gasteiger partial charge in [0.15, 0.2) is 5.82 Å². The number of aromatic nitrogens is 2. The van der Waals surface area contributed by atoms with E-state index in [1.165, 1.54) is 0 Å². The third-order valence-corrected chi connectivity index (χ3v) is 4.99. The molecule has 1 aliphatic rings. The molecule has 0 bridgehead atoms. The van der Waals surface area contributed by atoms with E-state index in [1.807, 2.05) is 49.3 Å². The number of carbonyl (C=O) groups is 1. The number of likely N-dealkylation sites (tertiary alicyclic amines) is 1. The molecule has 1 amide bonds. The average Bonchev–Trinajstić information content (AvgIpc) is 3.09. The lowest BCUT2D eigenvalue weighted by atomic mass is 9.92. The van der Waals surface area contributed by atoms with Gasteiger partial charge in [-0.1, -0.05) is 5.16 Å². The van der Waals surface area contributed by atoms with Gasteiger partial charge in [-0.2, -0.15) is 0 Å². The van der Waals surface area contributed by atoms with Crippen molar-refractivity contribution in [2.24, 2.45) is 11.7 Å². The Balaban J connectivity index is 1.88. The van der Waals surface area contributed by atoms with Gasteiger partial charge in [0.1, 0.15) is 5.76 Å². The maximum absolute atomic E-state index is 13.0. The molecule has 3 rings (SSSR count). The van der Waals surface area contributed by atoms with Crippen LogP contribution in [-0.2, 0) is 0 Å². The smallest absolute Gasteiger partial charge is 0.255 e. The Hall–Kier alpha value is -2.08. The van der Waals surface area contributed by atoms with E-state index in [-0.39, 0.29) is 11.9 Å². The molecule has 24 heavy (non-hydrogen) atoms. The number of rotatable bonds is 3. The van der Waals surface area contributed by atoms with Crippen LogP contribution in [0.2, 0.25) is 0 Å². The monoisotopic (exact) mass is 330 g/mol. The minimum atomic E-state index is 0.0833. The summed E-state index contributed by atoms with van der Waals surface area (Å²) in [5.41, 5.74) is 8.65. The molecule has 0 saturated carbocycles. The van der Waals surface area contributed by atoms with Gasteiger partial charge in [-0.15, -0.1) is 0 Å². The first-order valence-corrected chi connectivity index (χ1v) is 8.56. The highest BCUT2D eigenvalue weighted by molar-refractivity contribution is 5.96. The predicted molar refractivity (Wildman–Crippen MR) is 92.3 cm³/mol. The third-order valence-electron chi connectivity index (χ3n) is 4.99. The van der Waals surface area contributed by atoms with Crippen molar-refractivity contribution < 1.29 is 9.32 Å². The lowest BCUT2D eigenvalue weighted by Gasteiger charge is -2.34. The molecule has 6 heteroatoms. The summed E-state index contributed by atoms with van der Waals surface area (Å²) < 4.78 is 7.14. The standard InChI is InChI=1S/C18H26N4O2/c1-11-8-16(14(4)22(11)17-9-12(2)24-20-17)18(23)21-7-5-6-15(10-21)13(3)19/h8-9,13,15H,5-7,10,19H2,1-4H3/t13-,15+/m1/s1. The van der Waals surface area contributed by atoms with Gasteiger partial charge in [0.25, 0.3) is 5.91 Å². The van der Waals surface area contributed by atoms with Crippen LogP contribution in [0.15, 0.2) is 16.7 Å². The fraction of sp³-hybridized carbons (Fsp3) is 0.556. The summed E-state index contributed by atoms with van der Waals surface area (Å²) in [6.45, 7) is 9.36. The summed E-state index contributed by atoms with van der Waals surface area (Å²) in [4.78, 5) is 15.0. The maximum Gasteiger partial charge on any atom is 0.255 e. The van der Waals surface area contributed by atoms with E-state index in [2.05, 4.69) is 5.16 Å². The molecular weight excluding hydrogens is 304 g/mol. The first-order valence-electron chi connectivity index (χ1n) is 8.56. The summed E-state index contributed by atoms with van der Waals surface area (Å²) in [5.74, 6) is 1.93. The lowest BCUT2D eigenvalue weighted by Crippen LogP contribution is -2.45. The largest absolute Gasteiger partial charge is 0.360 e. The van der Waals surface area contributed by atoms with Crippen molar-refractivity contribution >= 4 is 5.91 Å². The highest BCUT2D eigenvalue weighted by atomic mass is 16.5. The van der Waals surface area contributed by atoms with Crippen molar-refractivity contribution in [3.05, 3.63) is 34.8 Å². The molecule has 2 aromatic heterocycles. The minimum absolute atomic E-state index is 0.0833. The summed E-state index contributed by atoms with van der Waals surface area (Å²) in [5, 5.41) is 4.07. The second-order valence-electron chi connectivity index (χ2n) is 6.93. The van der Waals surface area contributed by atoms with Crippen LogP contribution in [0.4, 0.5) is 0 Å². The number of piperidine rings is 1. The van der Waals surface area contributed by atoms with Gasteiger partial charge in [0, 0.05) is 36.6 Å². The number of hydrogen-bond donors (Lipinski definition) is 1. The summed E-state index contributed by atoms with van der Waals surface area (Å²) in [7, 11) is 0. The predicted octanol–water partition coefficient (Wildman–Crippen LogP) is 2.59. The zero-order valence-electron chi connectivity index (χ0n) is 14.9. The Morgan fingerprint density at radius 1 is 1.38 bits per heavy atom. The molecule has 2 atom stereocenters. The quantitative estimate of drug-likeness (QED) is 0.938. The Bertz CT molecular complexity index is 744. The van der Waals surface area contributed by atoms with Crippen molar-refractivity contribution in [3.63, 3.8) is 0 Å². The molecule has 0 aliphatic carbocycles. The SMILES string of the molecule is Cc1cc(-n2c(C)cc(C(=O)N3CCC[C@H]([C@@H](C)N)C3)c2C)no1. The van der Waals surface area contributed by atoms with E-state index in [1.54, 1.807) is 0 Å². The average molecular weight is 330 g/mol. The molecular formula is C18H26N4O2. The molecule has 6 nitrogen and oxygen atoms in total. The molecule has 1 saturated heterocycles. The zero-order valence-corrected chi connectivity index (χ0v) is 14.9. The van der Waals surface area contributed by atoms with Crippen LogP contribution in [0.25, 0.3) is 5.82 Å². The second kappa shape index (κ2) is 6.43. The van der Waals surface area contributed by atoms with Crippen LogP contribution in [0.3, 0.4) is 0 Å². The van der Waals surface area contributed by atoms with Crippen molar-refractivity contribution in [3.8, 4) is 5.82 Å². The van der Waals surface area contributed by atoms with E-state index >= 15 is 0 Å². The van der Waals surface area contributed by atoms with E-state index in [4.69, 9.17) is 10.3 Å². The van der Waals surface area contributed by atoms with E-state index in [0.717, 1.165) is 48.6 Å². The fourth-order valence-corrected chi connectivity index (χ4v) is 3.58. The van der Waals surface area contributed by atoms with Crippen molar-refractivity contribution in [2.75, 3.05) is 13.1 Å². The fourth-order valence-electron chi connectivity index (χ4n) is 3.58. The molecule has 0 radical (unpaired) electrons. The molecule has 2 aromatic rings. The Morgan fingerprint density at radius 3 is 2.75 bits per heavy atom. The normalized spacial score (nSPS) is 19.5. The molecule has 0 spiro atoms. The van der Waals surface area contributed by atoms with E-state index < -0.39 is 0 Å². The third kappa shape index (κ3) is 2.98.